The zero-order chi connectivity index (χ0) is 19.3. The van der Waals surface area contributed by atoms with Gasteiger partial charge in [-0.25, -0.2) is 0 Å². The van der Waals surface area contributed by atoms with Crippen molar-refractivity contribution in [1.82, 2.24) is 0 Å². The summed E-state index contributed by atoms with van der Waals surface area (Å²) < 4.78 is 5.28. The van der Waals surface area contributed by atoms with Crippen LogP contribution in [0, 0.1) is 0 Å². The number of methoxy groups -OCH3 is 1. The standard InChI is InChI=1S/C21H22O5/c1-13(2)4-7-15-11-16(19(24)12-21(15)26-3)17(22)8-5-14-6-9-18(23)20(25)10-14/h4-6,8-12,23-25H,7H2,1-3H3/b8-5+. The van der Waals surface area contributed by atoms with Crippen LogP contribution in [0.3, 0.4) is 0 Å². The van der Waals surface area contributed by atoms with Crippen LogP contribution < -0.4 is 4.74 Å². The van der Waals surface area contributed by atoms with E-state index in [1.807, 2.05) is 19.9 Å². The van der Waals surface area contributed by atoms with E-state index in [1.54, 1.807) is 12.1 Å². The number of hydrogen-bond acceptors (Lipinski definition) is 5. The van der Waals surface area contributed by atoms with Crippen LogP contribution in [0.2, 0.25) is 0 Å². The molecule has 0 saturated carbocycles. The summed E-state index contributed by atoms with van der Waals surface area (Å²) in [6, 6.07) is 7.29. The Balaban J connectivity index is 2.32. The number of allylic oxidation sites excluding steroid dienone is 3. The molecule has 0 heterocycles. The van der Waals surface area contributed by atoms with Gasteiger partial charge in [0.25, 0.3) is 0 Å². The molecule has 5 nitrogen and oxygen atoms in total. The van der Waals surface area contributed by atoms with Gasteiger partial charge in [-0.05, 0) is 55.7 Å². The van der Waals surface area contributed by atoms with E-state index in [0.29, 0.717) is 17.7 Å². The SMILES string of the molecule is COc1cc(O)c(C(=O)/C=C/c2ccc(O)c(O)c2)cc1CC=C(C)C. The lowest BCUT2D eigenvalue weighted by Gasteiger charge is -2.10. The van der Waals surface area contributed by atoms with Crippen molar-refractivity contribution >= 4 is 11.9 Å². The van der Waals surface area contributed by atoms with Gasteiger partial charge in [0.05, 0.1) is 12.7 Å². The van der Waals surface area contributed by atoms with E-state index < -0.39 is 0 Å². The molecule has 2 aromatic carbocycles. The first-order chi connectivity index (χ1) is 12.3. The number of ether oxygens (including phenoxy) is 1. The fraction of sp³-hybridized carbons (Fsp3) is 0.190. The third-order valence-electron chi connectivity index (χ3n) is 3.82. The average molecular weight is 354 g/mol. The summed E-state index contributed by atoms with van der Waals surface area (Å²) >= 11 is 0. The molecular weight excluding hydrogens is 332 g/mol. The zero-order valence-corrected chi connectivity index (χ0v) is 15.0. The number of aromatic hydroxyl groups is 3. The van der Waals surface area contributed by atoms with Crippen molar-refractivity contribution in [3.63, 3.8) is 0 Å². The number of carbonyl (C=O) groups is 1. The minimum Gasteiger partial charge on any atom is -0.507 e. The molecule has 0 unspecified atom stereocenters. The maximum absolute atomic E-state index is 12.5. The fourth-order valence-corrected chi connectivity index (χ4v) is 2.38. The molecule has 136 valence electrons. The van der Waals surface area contributed by atoms with Crippen LogP contribution >= 0.6 is 0 Å². The highest BCUT2D eigenvalue weighted by atomic mass is 16.5. The van der Waals surface area contributed by atoms with Crippen molar-refractivity contribution in [3.8, 4) is 23.0 Å². The van der Waals surface area contributed by atoms with Gasteiger partial charge in [-0.15, -0.1) is 0 Å². The Labute approximate surface area is 152 Å². The third-order valence-corrected chi connectivity index (χ3v) is 3.82. The molecule has 0 atom stereocenters. The lowest BCUT2D eigenvalue weighted by molar-refractivity contribution is 0.104. The average Bonchev–Trinajstić information content (AvgIpc) is 2.60. The summed E-state index contributed by atoms with van der Waals surface area (Å²) in [4.78, 5) is 12.5. The highest BCUT2D eigenvalue weighted by molar-refractivity contribution is 6.08. The van der Waals surface area contributed by atoms with Gasteiger partial charge in [-0.3, -0.25) is 4.79 Å². The summed E-state index contributed by atoms with van der Waals surface area (Å²) in [6.07, 6.45) is 5.40. The molecule has 0 aliphatic heterocycles. The molecule has 0 amide bonds. The second-order valence-electron chi connectivity index (χ2n) is 6.11. The smallest absolute Gasteiger partial charge is 0.189 e. The minimum absolute atomic E-state index is 0.161. The van der Waals surface area contributed by atoms with Crippen LogP contribution in [0.5, 0.6) is 23.0 Å². The molecular formula is C21H22O5. The van der Waals surface area contributed by atoms with Crippen molar-refractivity contribution in [2.24, 2.45) is 0 Å². The van der Waals surface area contributed by atoms with E-state index in [4.69, 9.17) is 4.74 Å². The Morgan fingerprint density at radius 2 is 1.77 bits per heavy atom. The minimum atomic E-state index is -0.379. The van der Waals surface area contributed by atoms with E-state index in [0.717, 1.165) is 11.1 Å². The Morgan fingerprint density at radius 3 is 2.38 bits per heavy atom. The van der Waals surface area contributed by atoms with Crippen molar-refractivity contribution in [2.45, 2.75) is 20.3 Å². The van der Waals surface area contributed by atoms with Crippen LogP contribution in [0.25, 0.3) is 6.08 Å². The second-order valence-corrected chi connectivity index (χ2v) is 6.11. The summed E-state index contributed by atoms with van der Waals surface area (Å²) in [5.74, 6) is -0.521. The Kier molecular flexibility index (Phi) is 6.07. The van der Waals surface area contributed by atoms with Gasteiger partial charge in [0.2, 0.25) is 0 Å². The maximum Gasteiger partial charge on any atom is 0.189 e. The molecule has 0 fully saturated rings. The van der Waals surface area contributed by atoms with Gasteiger partial charge in [-0.1, -0.05) is 23.8 Å². The number of carbonyl (C=O) groups excluding carboxylic acids is 1. The Morgan fingerprint density at radius 1 is 1.04 bits per heavy atom. The molecule has 0 aliphatic rings. The molecule has 26 heavy (non-hydrogen) atoms. The van der Waals surface area contributed by atoms with E-state index in [-0.39, 0.29) is 28.6 Å². The van der Waals surface area contributed by atoms with Crippen molar-refractivity contribution < 1.29 is 24.9 Å². The Bertz CT molecular complexity index is 874. The number of benzene rings is 2. The molecule has 0 aliphatic carbocycles. The van der Waals surface area contributed by atoms with Crippen LogP contribution in [-0.2, 0) is 6.42 Å². The van der Waals surface area contributed by atoms with Crippen molar-refractivity contribution in [1.29, 1.82) is 0 Å². The predicted octanol–water partition coefficient (Wildman–Crippen LogP) is 4.22. The second kappa shape index (κ2) is 8.25. The summed E-state index contributed by atoms with van der Waals surface area (Å²) in [5.41, 5.74) is 2.65. The van der Waals surface area contributed by atoms with Crippen LogP contribution in [0.15, 0.2) is 48.1 Å². The molecule has 5 heteroatoms. The normalized spacial score (nSPS) is 10.7. The molecule has 2 aromatic rings. The summed E-state index contributed by atoms with van der Waals surface area (Å²) in [5, 5.41) is 29.0. The van der Waals surface area contributed by atoms with Crippen molar-refractivity contribution in [2.75, 3.05) is 7.11 Å². The van der Waals surface area contributed by atoms with Gasteiger partial charge < -0.3 is 20.1 Å². The molecule has 0 bridgehead atoms. The van der Waals surface area contributed by atoms with Gasteiger partial charge in [0.1, 0.15) is 11.5 Å². The number of ketones is 1. The van der Waals surface area contributed by atoms with E-state index >= 15 is 0 Å². The molecule has 0 radical (unpaired) electrons. The monoisotopic (exact) mass is 354 g/mol. The van der Waals surface area contributed by atoms with Gasteiger partial charge in [0.15, 0.2) is 17.3 Å². The lowest BCUT2D eigenvalue weighted by Crippen LogP contribution is -1.99. The lowest BCUT2D eigenvalue weighted by atomic mass is 10.0. The highest BCUT2D eigenvalue weighted by Gasteiger charge is 2.14. The zero-order valence-electron chi connectivity index (χ0n) is 15.0. The molecule has 0 saturated heterocycles. The van der Waals surface area contributed by atoms with E-state index in [2.05, 4.69) is 0 Å². The predicted molar refractivity (Wildman–Crippen MR) is 101 cm³/mol. The molecule has 3 N–H and O–H groups in total. The first-order valence-corrected chi connectivity index (χ1v) is 8.09. The maximum atomic E-state index is 12.5. The fourth-order valence-electron chi connectivity index (χ4n) is 2.38. The number of hydrogen-bond donors (Lipinski definition) is 3. The highest BCUT2D eigenvalue weighted by Crippen LogP contribution is 2.30. The van der Waals surface area contributed by atoms with Crippen LogP contribution in [-0.4, -0.2) is 28.2 Å². The van der Waals surface area contributed by atoms with Gasteiger partial charge in [-0.2, -0.15) is 0 Å². The Hall–Kier alpha value is -3.21. The summed E-state index contributed by atoms with van der Waals surface area (Å²) in [7, 11) is 1.51. The van der Waals surface area contributed by atoms with Crippen LogP contribution in [0.4, 0.5) is 0 Å². The van der Waals surface area contributed by atoms with Gasteiger partial charge in [0, 0.05) is 6.07 Å². The molecule has 0 aromatic heterocycles. The number of phenols is 3. The largest absolute Gasteiger partial charge is 0.507 e. The quantitative estimate of drug-likeness (QED) is 0.313. The first kappa shape index (κ1) is 19.1. The molecule has 0 spiro atoms. The third kappa shape index (κ3) is 4.66. The molecule has 2 rings (SSSR count). The summed E-state index contributed by atoms with van der Waals surface area (Å²) in [6.45, 7) is 3.96. The van der Waals surface area contributed by atoms with Crippen molar-refractivity contribution in [3.05, 3.63) is 64.7 Å². The number of rotatable bonds is 6. The number of phenolic OH excluding ortho intramolecular Hbond substituents is 3. The van der Waals surface area contributed by atoms with E-state index in [1.165, 1.54) is 37.5 Å². The van der Waals surface area contributed by atoms with E-state index in [9.17, 15) is 20.1 Å². The van der Waals surface area contributed by atoms with Gasteiger partial charge >= 0.3 is 0 Å². The topological polar surface area (TPSA) is 87.0 Å². The first-order valence-electron chi connectivity index (χ1n) is 8.09. The van der Waals surface area contributed by atoms with Crippen LogP contribution in [0.1, 0.15) is 35.3 Å².